The number of hydrogen-bond acceptors (Lipinski definition) is 4. The fraction of sp³-hybridized carbons (Fsp3) is 0.769. The number of rotatable bonds is 5. The Hall–Kier alpha value is -0.820. The highest BCUT2D eigenvalue weighted by atomic mass is 32.1. The van der Waals surface area contributed by atoms with Gasteiger partial charge in [0.15, 0.2) is 0 Å². The predicted octanol–water partition coefficient (Wildman–Crippen LogP) is 2.43. The Morgan fingerprint density at radius 1 is 1.35 bits per heavy atom. The predicted molar refractivity (Wildman–Crippen MR) is 87.0 cm³/mol. The number of ketones is 1. The van der Waals surface area contributed by atoms with E-state index in [1.54, 1.807) is 6.92 Å². The van der Waals surface area contributed by atoms with Crippen LogP contribution in [0.15, 0.2) is 0 Å². The first-order valence-electron chi connectivity index (χ1n) is 6.80. The molecule has 5 nitrogen and oxygen atoms in total. The summed E-state index contributed by atoms with van der Waals surface area (Å²) in [6.07, 6.45) is 7.07. The van der Waals surface area contributed by atoms with Crippen LogP contribution in [0, 0.1) is 5.92 Å². The number of ether oxygens (including phenoxy) is 1. The lowest BCUT2D eigenvalue weighted by molar-refractivity contribution is -0.117. The number of amides is 1. The van der Waals surface area contributed by atoms with Crippen LogP contribution < -0.4 is 11.1 Å². The Morgan fingerprint density at radius 2 is 1.90 bits per heavy atom. The molecule has 116 valence electrons. The van der Waals surface area contributed by atoms with Gasteiger partial charge in [-0.05, 0) is 37.9 Å². The summed E-state index contributed by atoms with van der Waals surface area (Å²) >= 11 is 8.13. The summed E-state index contributed by atoms with van der Waals surface area (Å²) in [6.45, 7) is 2.87. The third kappa shape index (κ3) is 13.6. The van der Waals surface area contributed by atoms with E-state index >= 15 is 0 Å². The Kier molecular flexibility index (Phi) is 11.5. The smallest absolute Gasteiger partial charge is 0.273 e. The van der Waals surface area contributed by atoms with Crippen molar-refractivity contribution in [2.24, 2.45) is 11.7 Å². The lowest BCUT2D eigenvalue weighted by Crippen LogP contribution is -2.30. The largest absolute Gasteiger partial charge is 0.471 e. The molecule has 0 saturated heterocycles. The molecule has 0 atom stereocenters. The molecule has 0 aromatic carbocycles. The minimum Gasteiger partial charge on any atom is -0.471 e. The minimum absolute atomic E-state index is 0.134. The molecule has 1 aliphatic rings. The number of Topliss-reactive ketones (excluding diaryl/α,β-unsaturated/α-hetero) is 1. The van der Waals surface area contributed by atoms with Gasteiger partial charge in [0.25, 0.3) is 10.4 Å². The van der Waals surface area contributed by atoms with Crippen molar-refractivity contribution in [2.45, 2.75) is 45.4 Å². The third-order valence-corrected chi connectivity index (χ3v) is 3.21. The molecule has 0 bridgehead atoms. The molecule has 20 heavy (non-hydrogen) atoms. The van der Waals surface area contributed by atoms with Crippen molar-refractivity contribution in [3.8, 4) is 0 Å². The van der Waals surface area contributed by atoms with Crippen LogP contribution >= 0.6 is 24.8 Å². The molecule has 0 unspecified atom stereocenters. The normalized spacial score (nSPS) is 14.7. The van der Waals surface area contributed by atoms with E-state index in [2.05, 4.69) is 23.7 Å². The van der Waals surface area contributed by atoms with Crippen LogP contribution in [0.25, 0.3) is 0 Å². The summed E-state index contributed by atoms with van der Waals surface area (Å²) in [5.41, 5.74) is 4.34. The number of carbonyl (C=O) groups excluding carboxylic acids is 2. The fourth-order valence-electron chi connectivity index (χ4n) is 1.96. The van der Waals surface area contributed by atoms with Gasteiger partial charge < -0.3 is 15.8 Å². The second kappa shape index (κ2) is 12.0. The van der Waals surface area contributed by atoms with E-state index in [1.165, 1.54) is 32.1 Å². The average molecular weight is 320 g/mol. The molecule has 7 heteroatoms. The van der Waals surface area contributed by atoms with Gasteiger partial charge in [0.1, 0.15) is 5.78 Å². The number of hydrogen-bond donors (Lipinski definition) is 3. The van der Waals surface area contributed by atoms with Crippen LogP contribution in [0.1, 0.15) is 45.4 Å². The van der Waals surface area contributed by atoms with Crippen LogP contribution in [0.5, 0.6) is 0 Å². The number of thiocarbonyl (C=S) groups is 1. The van der Waals surface area contributed by atoms with Crippen LogP contribution in [0.4, 0.5) is 4.79 Å². The Labute approximate surface area is 131 Å². The highest BCUT2D eigenvalue weighted by Crippen LogP contribution is 2.22. The maximum absolute atomic E-state index is 10.7. The lowest BCUT2D eigenvalue weighted by atomic mass is 9.89. The summed E-state index contributed by atoms with van der Waals surface area (Å²) in [5.74, 6) is 0.873. The highest BCUT2D eigenvalue weighted by Gasteiger charge is 2.13. The van der Waals surface area contributed by atoms with Crippen molar-refractivity contribution in [2.75, 3.05) is 13.2 Å². The minimum atomic E-state index is -0.639. The molecular formula is C13H24N2O3S2. The molecule has 1 aliphatic carbocycles. The number of nitrogens with one attached hydrogen (secondary N) is 1. The maximum Gasteiger partial charge on any atom is 0.273 e. The van der Waals surface area contributed by atoms with Crippen LogP contribution in [0.3, 0.4) is 0 Å². The third-order valence-electron chi connectivity index (χ3n) is 2.95. The topological polar surface area (TPSA) is 81.4 Å². The molecule has 0 radical (unpaired) electrons. The summed E-state index contributed by atoms with van der Waals surface area (Å²) in [5, 5.41) is 2.92. The number of primary amides is 1. The molecular weight excluding hydrogens is 296 g/mol. The van der Waals surface area contributed by atoms with Gasteiger partial charge in [0.05, 0.1) is 6.61 Å². The summed E-state index contributed by atoms with van der Waals surface area (Å²) in [6, 6.07) is 0. The van der Waals surface area contributed by atoms with Crippen LogP contribution in [0.2, 0.25) is 0 Å². The number of thiol groups is 1. The van der Waals surface area contributed by atoms with Crippen LogP contribution in [-0.2, 0) is 9.53 Å². The quantitative estimate of drug-likeness (QED) is 0.535. The zero-order valence-corrected chi connectivity index (χ0v) is 13.6. The van der Waals surface area contributed by atoms with Gasteiger partial charge in [0, 0.05) is 13.0 Å². The van der Waals surface area contributed by atoms with E-state index in [4.69, 9.17) is 21.7 Å². The zero-order valence-electron chi connectivity index (χ0n) is 11.9. The molecule has 1 rings (SSSR count). The van der Waals surface area contributed by atoms with Gasteiger partial charge >= 0.3 is 0 Å². The van der Waals surface area contributed by atoms with Gasteiger partial charge in [-0.2, -0.15) is 0 Å². The standard InChI is InChI=1S/C12H21NO2S.CH3NOS/c1-10(14)7-8-15-12(16)13-9-11-5-3-2-4-6-11;2-1(3)4/h11H,2-9H2,1H3,(H,13,16);(H3,2,3,4). The van der Waals surface area contributed by atoms with E-state index in [-0.39, 0.29) is 5.78 Å². The number of nitrogens with two attached hydrogens (primary N) is 1. The SMILES string of the molecule is CC(=O)CCOC(=S)NCC1CCCCC1.NC(=O)S. The van der Waals surface area contributed by atoms with Crippen molar-refractivity contribution in [1.29, 1.82) is 0 Å². The van der Waals surface area contributed by atoms with Gasteiger partial charge in [-0.1, -0.05) is 31.9 Å². The molecule has 0 heterocycles. The second-order valence-electron chi connectivity index (χ2n) is 4.81. The molecule has 1 amide bonds. The molecule has 0 aromatic heterocycles. The van der Waals surface area contributed by atoms with Gasteiger partial charge in [-0.15, -0.1) is 0 Å². The van der Waals surface area contributed by atoms with E-state index in [0.717, 1.165) is 12.5 Å². The summed E-state index contributed by atoms with van der Waals surface area (Å²) in [4.78, 5) is 19.8. The monoisotopic (exact) mass is 320 g/mol. The van der Waals surface area contributed by atoms with Crippen molar-refractivity contribution in [3.63, 3.8) is 0 Å². The first kappa shape index (κ1) is 19.2. The van der Waals surface area contributed by atoms with Crippen molar-refractivity contribution >= 4 is 41.0 Å². The lowest BCUT2D eigenvalue weighted by Gasteiger charge is -2.22. The van der Waals surface area contributed by atoms with E-state index in [1.807, 2.05) is 0 Å². The Morgan fingerprint density at radius 3 is 2.40 bits per heavy atom. The maximum atomic E-state index is 10.7. The summed E-state index contributed by atoms with van der Waals surface area (Å²) in [7, 11) is 0. The fourth-order valence-corrected chi connectivity index (χ4v) is 2.12. The van der Waals surface area contributed by atoms with Gasteiger partial charge in [-0.25, -0.2) is 0 Å². The molecule has 0 spiro atoms. The zero-order chi connectivity index (χ0) is 15.4. The average Bonchev–Trinajstić information content (AvgIpc) is 2.36. The Bertz CT molecular complexity index is 315. The molecule has 1 fully saturated rings. The van der Waals surface area contributed by atoms with Crippen molar-refractivity contribution in [3.05, 3.63) is 0 Å². The first-order valence-corrected chi connectivity index (χ1v) is 7.65. The van der Waals surface area contributed by atoms with Crippen LogP contribution in [-0.4, -0.2) is 29.3 Å². The van der Waals surface area contributed by atoms with E-state index in [0.29, 0.717) is 18.2 Å². The molecule has 1 saturated carbocycles. The number of carbonyl (C=O) groups is 2. The Balaban J connectivity index is 0.000000796. The first-order chi connectivity index (χ1) is 9.41. The molecule has 0 aliphatic heterocycles. The molecule has 0 aromatic rings. The van der Waals surface area contributed by atoms with Crippen molar-refractivity contribution < 1.29 is 14.3 Å². The van der Waals surface area contributed by atoms with E-state index < -0.39 is 5.24 Å². The summed E-state index contributed by atoms with van der Waals surface area (Å²) < 4.78 is 5.24. The molecule has 3 N–H and O–H groups in total. The van der Waals surface area contributed by atoms with Gasteiger partial charge in [-0.3, -0.25) is 9.59 Å². The highest BCUT2D eigenvalue weighted by molar-refractivity contribution is 7.96. The van der Waals surface area contributed by atoms with E-state index in [9.17, 15) is 4.79 Å². The van der Waals surface area contributed by atoms with Gasteiger partial charge in [0.2, 0.25) is 0 Å². The second-order valence-corrected chi connectivity index (χ2v) is 5.62. The van der Waals surface area contributed by atoms with Crippen molar-refractivity contribution in [1.82, 2.24) is 5.32 Å².